The maximum Gasteiger partial charge on any atom is 0.311 e. The third-order valence-electron chi connectivity index (χ3n) is 2.55. The molecule has 1 rings (SSSR count). The van der Waals surface area contributed by atoms with E-state index in [1.807, 2.05) is 12.3 Å². The van der Waals surface area contributed by atoms with E-state index in [-0.39, 0.29) is 12.4 Å². The van der Waals surface area contributed by atoms with Crippen LogP contribution in [0, 0.1) is 0 Å². The van der Waals surface area contributed by atoms with Gasteiger partial charge in [0.25, 0.3) is 0 Å². The van der Waals surface area contributed by atoms with E-state index in [1.165, 1.54) is 0 Å². The van der Waals surface area contributed by atoms with Crippen molar-refractivity contribution in [1.29, 1.82) is 0 Å². The SMILES string of the molecule is CCOC(=O)Cc1ccn(COCC[Si](C)(C)C)n1. The molecule has 0 fully saturated rings. The van der Waals surface area contributed by atoms with Crippen LogP contribution in [0.3, 0.4) is 0 Å². The fourth-order valence-corrected chi connectivity index (χ4v) is 2.22. The van der Waals surface area contributed by atoms with Gasteiger partial charge in [-0.15, -0.1) is 0 Å². The Morgan fingerprint density at radius 1 is 1.42 bits per heavy atom. The minimum Gasteiger partial charge on any atom is -0.466 e. The molecule has 0 atom stereocenters. The van der Waals surface area contributed by atoms with Crippen LogP contribution in [0.25, 0.3) is 0 Å². The van der Waals surface area contributed by atoms with Crippen LogP contribution < -0.4 is 0 Å². The summed E-state index contributed by atoms with van der Waals surface area (Å²) in [7, 11) is -1.04. The minimum atomic E-state index is -1.04. The number of aromatic nitrogens is 2. The molecule has 1 aromatic heterocycles. The molecule has 0 amide bonds. The molecule has 19 heavy (non-hydrogen) atoms. The summed E-state index contributed by atoms with van der Waals surface area (Å²) in [5, 5.41) is 4.27. The fraction of sp³-hybridized carbons (Fsp3) is 0.692. The molecule has 0 saturated heterocycles. The van der Waals surface area contributed by atoms with E-state index >= 15 is 0 Å². The molecular formula is C13H24N2O3Si. The first-order chi connectivity index (χ1) is 8.90. The average Bonchev–Trinajstić information content (AvgIpc) is 2.71. The number of rotatable bonds is 8. The number of carbonyl (C=O) groups is 1. The minimum absolute atomic E-state index is 0.218. The van der Waals surface area contributed by atoms with Gasteiger partial charge in [-0.2, -0.15) is 5.10 Å². The largest absolute Gasteiger partial charge is 0.466 e. The van der Waals surface area contributed by atoms with E-state index in [4.69, 9.17) is 9.47 Å². The predicted octanol–water partition coefficient (Wildman–Crippen LogP) is 2.30. The summed E-state index contributed by atoms with van der Waals surface area (Å²) in [5.74, 6) is -0.243. The van der Waals surface area contributed by atoms with Crippen molar-refractivity contribution in [2.24, 2.45) is 0 Å². The summed E-state index contributed by atoms with van der Waals surface area (Å²) < 4.78 is 12.2. The molecule has 0 radical (unpaired) electrons. The van der Waals surface area contributed by atoms with Crippen LogP contribution in [0.1, 0.15) is 12.6 Å². The first kappa shape index (κ1) is 15.9. The van der Waals surface area contributed by atoms with Crippen LogP contribution >= 0.6 is 0 Å². The monoisotopic (exact) mass is 284 g/mol. The molecule has 6 heteroatoms. The lowest BCUT2D eigenvalue weighted by Gasteiger charge is -2.15. The van der Waals surface area contributed by atoms with E-state index < -0.39 is 8.07 Å². The van der Waals surface area contributed by atoms with Gasteiger partial charge < -0.3 is 9.47 Å². The van der Waals surface area contributed by atoms with Gasteiger partial charge in [0.15, 0.2) is 0 Å². The third-order valence-corrected chi connectivity index (χ3v) is 4.25. The van der Waals surface area contributed by atoms with Crippen LogP contribution in [-0.2, 0) is 27.4 Å². The zero-order valence-corrected chi connectivity index (χ0v) is 13.3. The summed E-state index contributed by atoms with van der Waals surface area (Å²) in [6.45, 7) is 10.4. The Bertz CT molecular complexity index is 399. The highest BCUT2D eigenvalue weighted by molar-refractivity contribution is 6.76. The fourth-order valence-electron chi connectivity index (χ4n) is 1.47. The molecular weight excluding hydrogens is 260 g/mol. The van der Waals surface area contributed by atoms with Gasteiger partial charge >= 0.3 is 5.97 Å². The van der Waals surface area contributed by atoms with Crippen molar-refractivity contribution in [3.05, 3.63) is 18.0 Å². The number of carbonyl (C=O) groups excluding carboxylic acids is 1. The topological polar surface area (TPSA) is 53.4 Å². The summed E-state index contributed by atoms with van der Waals surface area (Å²) in [4.78, 5) is 11.3. The normalized spacial score (nSPS) is 11.6. The molecule has 0 spiro atoms. The number of nitrogens with zero attached hydrogens (tertiary/aromatic N) is 2. The Labute approximate surface area is 115 Å². The van der Waals surface area contributed by atoms with Crippen molar-refractivity contribution in [2.75, 3.05) is 13.2 Å². The third kappa shape index (κ3) is 7.12. The Morgan fingerprint density at radius 3 is 2.79 bits per heavy atom. The molecule has 0 saturated carbocycles. The van der Waals surface area contributed by atoms with Gasteiger partial charge in [0.1, 0.15) is 6.73 Å². The standard InChI is InChI=1S/C13H24N2O3Si/c1-5-18-13(16)10-12-6-7-15(14-12)11-17-8-9-19(2,3)4/h6-7H,5,8-11H2,1-4H3. The zero-order chi connectivity index (χ0) is 14.3. The van der Waals surface area contributed by atoms with E-state index in [0.29, 0.717) is 19.0 Å². The molecule has 1 heterocycles. The molecule has 0 aliphatic rings. The lowest BCUT2D eigenvalue weighted by molar-refractivity contribution is -0.142. The van der Waals surface area contributed by atoms with Gasteiger partial charge in [-0.25, -0.2) is 4.68 Å². The van der Waals surface area contributed by atoms with Crippen molar-refractivity contribution < 1.29 is 14.3 Å². The van der Waals surface area contributed by atoms with Gasteiger partial charge in [-0.3, -0.25) is 4.79 Å². The molecule has 0 aromatic carbocycles. The van der Waals surface area contributed by atoms with E-state index in [0.717, 1.165) is 12.7 Å². The predicted molar refractivity (Wildman–Crippen MR) is 76.7 cm³/mol. The maximum absolute atomic E-state index is 11.3. The Morgan fingerprint density at radius 2 is 2.16 bits per heavy atom. The Kier molecular flexibility index (Phi) is 6.24. The molecule has 5 nitrogen and oxygen atoms in total. The highest BCUT2D eigenvalue weighted by Crippen LogP contribution is 2.08. The highest BCUT2D eigenvalue weighted by atomic mass is 28.3. The summed E-state index contributed by atoms with van der Waals surface area (Å²) >= 11 is 0. The second kappa shape index (κ2) is 7.45. The van der Waals surface area contributed by atoms with E-state index in [9.17, 15) is 4.79 Å². The van der Waals surface area contributed by atoms with Gasteiger partial charge in [-0.05, 0) is 19.0 Å². The van der Waals surface area contributed by atoms with Gasteiger partial charge in [0.05, 0.1) is 18.7 Å². The number of ether oxygens (including phenoxy) is 2. The maximum atomic E-state index is 11.3. The lowest BCUT2D eigenvalue weighted by Crippen LogP contribution is -2.22. The Balaban J connectivity index is 2.29. The zero-order valence-electron chi connectivity index (χ0n) is 12.3. The van der Waals surface area contributed by atoms with E-state index in [2.05, 4.69) is 24.7 Å². The van der Waals surface area contributed by atoms with Crippen molar-refractivity contribution in [1.82, 2.24) is 9.78 Å². The number of esters is 1. The number of hydrogen-bond acceptors (Lipinski definition) is 4. The molecule has 0 unspecified atom stereocenters. The van der Waals surface area contributed by atoms with Crippen molar-refractivity contribution >= 4 is 14.0 Å². The van der Waals surface area contributed by atoms with Gasteiger partial charge in [0, 0.05) is 20.9 Å². The second-order valence-corrected chi connectivity index (χ2v) is 11.3. The van der Waals surface area contributed by atoms with Gasteiger partial charge in [0.2, 0.25) is 0 Å². The van der Waals surface area contributed by atoms with Crippen LogP contribution in [0.2, 0.25) is 25.7 Å². The Hall–Kier alpha value is -1.14. The average molecular weight is 284 g/mol. The van der Waals surface area contributed by atoms with Crippen molar-refractivity contribution in [3.63, 3.8) is 0 Å². The van der Waals surface area contributed by atoms with Crippen molar-refractivity contribution in [2.45, 2.75) is 45.8 Å². The first-order valence-corrected chi connectivity index (χ1v) is 10.4. The van der Waals surface area contributed by atoms with Crippen molar-refractivity contribution in [3.8, 4) is 0 Å². The molecule has 0 bridgehead atoms. The molecule has 0 aliphatic heterocycles. The second-order valence-electron chi connectivity index (χ2n) is 5.68. The van der Waals surface area contributed by atoms with Crippen LogP contribution in [0.5, 0.6) is 0 Å². The van der Waals surface area contributed by atoms with Gasteiger partial charge in [-0.1, -0.05) is 19.6 Å². The van der Waals surface area contributed by atoms with E-state index in [1.54, 1.807) is 11.6 Å². The molecule has 1 aromatic rings. The summed E-state index contributed by atoms with van der Waals surface area (Å²) in [6.07, 6.45) is 2.04. The smallest absolute Gasteiger partial charge is 0.311 e. The quantitative estimate of drug-likeness (QED) is 0.417. The number of hydrogen-bond donors (Lipinski definition) is 0. The van der Waals surface area contributed by atoms with Crippen LogP contribution in [-0.4, -0.2) is 37.0 Å². The highest BCUT2D eigenvalue weighted by Gasteiger charge is 2.12. The summed E-state index contributed by atoms with van der Waals surface area (Å²) in [5.41, 5.74) is 0.715. The first-order valence-electron chi connectivity index (χ1n) is 6.66. The molecule has 0 N–H and O–H groups in total. The summed E-state index contributed by atoms with van der Waals surface area (Å²) in [6, 6.07) is 2.96. The molecule has 108 valence electrons. The van der Waals surface area contributed by atoms with Crippen LogP contribution in [0.4, 0.5) is 0 Å². The van der Waals surface area contributed by atoms with Crippen LogP contribution in [0.15, 0.2) is 12.3 Å². The molecule has 0 aliphatic carbocycles. The lowest BCUT2D eigenvalue weighted by atomic mass is 10.3.